The number of carbonyl (C=O) groups is 1. The molecule has 1 fully saturated rings. The molecule has 1 saturated carbocycles. The van der Waals surface area contributed by atoms with Gasteiger partial charge in [0.2, 0.25) is 5.88 Å². The molecular formula is C49H73FN4O3S. The molecule has 1 aromatic heterocycles. The summed E-state index contributed by atoms with van der Waals surface area (Å²) in [4.78, 5) is 25.2. The van der Waals surface area contributed by atoms with Gasteiger partial charge in [-0.3, -0.25) is 9.98 Å². The number of carboxylic acid groups (broad SMARTS) is 1. The number of allylic oxidation sites excluding steroid dienone is 2. The van der Waals surface area contributed by atoms with Gasteiger partial charge in [-0.2, -0.15) is 5.26 Å². The Morgan fingerprint density at radius 1 is 1.05 bits per heavy atom. The maximum absolute atomic E-state index is 13.8. The molecule has 2 unspecified atom stereocenters. The molecule has 4 rings (SSSR count). The molecule has 9 heteroatoms. The van der Waals surface area contributed by atoms with Crippen LogP contribution in [0.3, 0.4) is 0 Å². The molecule has 0 amide bonds. The lowest BCUT2D eigenvalue weighted by molar-refractivity contribution is 0.0696. The number of aromatic nitrogens is 1. The van der Waals surface area contributed by atoms with Crippen molar-refractivity contribution in [2.24, 2.45) is 27.7 Å². The van der Waals surface area contributed by atoms with Crippen LogP contribution in [-0.4, -0.2) is 27.5 Å². The summed E-state index contributed by atoms with van der Waals surface area (Å²) in [6.07, 6.45) is 18.5. The van der Waals surface area contributed by atoms with Gasteiger partial charge in [-0.1, -0.05) is 113 Å². The van der Waals surface area contributed by atoms with Crippen LogP contribution in [0.1, 0.15) is 165 Å². The summed E-state index contributed by atoms with van der Waals surface area (Å²) in [7, 11) is 0. The second-order valence-corrected chi connectivity index (χ2v) is 16.0. The van der Waals surface area contributed by atoms with E-state index in [9.17, 15) is 9.18 Å². The zero-order chi connectivity index (χ0) is 43.9. The van der Waals surface area contributed by atoms with Gasteiger partial charge in [0, 0.05) is 28.1 Å². The number of carboxylic acids is 1. The molecule has 3 atom stereocenters. The summed E-state index contributed by atoms with van der Waals surface area (Å²) in [6.45, 7) is 27.2. The molecular weight excluding hydrogens is 744 g/mol. The van der Waals surface area contributed by atoms with E-state index in [1.165, 1.54) is 55.9 Å². The maximum Gasteiger partial charge on any atom is 0.335 e. The number of unbranched alkanes of at least 4 members (excludes halogenated alkanes) is 3. The number of nitrogens with zero attached hydrogens (tertiary/aromatic N) is 4. The zero-order valence-electron chi connectivity index (χ0n) is 37.5. The van der Waals surface area contributed by atoms with Crippen molar-refractivity contribution in [1.29, 1.82) is 5.26 Å². The minimum absolute atomic E-state index is 0.0557. The van der Waals surface area contributed by atoms with E-state index in [1.807, 2.05) is 38.5 Å². The number of rotatable bonds is 17. The van der Waals surface area contributed by atoms with Crippen molar-refractivity contribution in [3.8, 4) is 6.07 Å². The second-order valence-electron chi connectivity index (χ2n) is 15.0. The third-order valence-electron chi connectivity index (χ3n) is 9.31. The van der Waals surface area contributed by atoms with Gasteiger partial charge < -0.3 is 9.84 Å². The third kappa shape index (κ3) is 25.8. The Bertz CT molecular complexity index is 1720. The van der Waals surface area contributed by atoms with Crippen molar-refractivity contribution in [3.05, 3.63) is 106 Å². The van der Waals surface area contributed by atoms with Crippen LogP contribution in [0.25, 0.3) is 0 Å². The number of hydrogen-bond donors (Lipinski definition) is 1. The summed E-state index contributed by atoms with van der Waals surface area (Å²) in [5.74, 6) is 1.78. The maximum atomic E-state index is 13.8. The summed E-state index contributed by atoms with van der Waals surface area (Å²) in [5.41, 5.74) is 6.68. The molecule has 320 valence electrons. The average molecular weight is 817 g/mol. The van der Waals surface area contributed by atoms with E-state index in [1.54, 1.807) is 53.8 Å². The highest BCUT2D eigenvalue weighted by molar-refractivity contribution is 7.09. The molecule has 58 heavy (non-hydrogen) atoms. The predicted octanol–water partition coefficient (Wildman–Crippen LogP) is 15.1. The highest BCUT2D eigenvalue weighted by Gasteiger charge is 2.26. The fraction of sp³-hybridized carbons (Fsp3) is 0.531. The van der Waals surface area contributed by atoms with E-state index in [0.29, 0.717) is 22.9 Å². The minimum atomic E-state index is -0.898. The fourth-order valence-corrected chi connectivity index (χ4v) is 5.74. The molecule has 1 heterocycles. The topological polar surface area (TPSA) is 108 Å². The predicted molar refractivity (Wildman–Crippen MR) is 246 cm³/mol. The van der Waals surface area contributed by atoms with Crippen molar-refractivity contribution in [1.82, 2.24) is 4.98 Å². The molecule has 1 aliphatic carbocycles. The Hall–Kier alpha value is -4.42. The molecule has 1 aliphatic rings. The van der Waals surface area contributed by atoms with Crippen LogP contribution in [0, 0.1) is 41.8 Å². The highest BCUT2D eigenvalue weighted by Crippen LogP contribution is 2.36. The minimum Gasteiger partial charge on any atom is -0.478 e. The Morgan fingerprint density at radius 3 is 2.16 bits per heavy atom. The second kappa shape index (κ2) is 32.5. The SMILES string of the molecule is C=C/C=C(\N=C(\C)CCC)OCc1ccc(C#N)cc1F.CC1C[C@H]1C.CCC(C)CC(C)=Nc1ccc(C(=O)O)cc1C.CCCCC.CCCCc1cncs1. The number of benzene rings is 2. The van der Waals surface area contributed by atoms with Crippen molar-refractivity contribution in [2.45, 2.75) is 153 Å². The lowest BCUT2D eigenvalue weighted by Crippen LogP contribution is -2.01. The lowest BCUT2D eigenvalue weighted by atomic mass is 10.0. The van der Waals surface area contributed by atoms with Crippen molar-refractivity contribution in [2.75, 3.05) is 0 Å². The van der Waals surface area contributed by atoms with Gasteiger partial charge in [-0.25, -0.2) is 14.2 Å². The summed E-state index contributed by atoms with van der Waals surface area (Å²) in [5, 5.41) is 17.6. The highest BCUT2D eigenvalue weighted by atomic mass is 32.1. The van der Waals surface area contributed by atoms with E-state index in [-0.39, 0.29) is 12.2 Å². The number of aliphatic imine (C=N–C) groups is 2. The number of aryl methyl sites for hydroxylation is 2. The van der Waals surface area contributed by atoms with Crippen LogP contribution in [0.4, 0.5) is 10.1 Å². The van der Waals surface area contributed by atoms with Gasteiger partial charge in [-0.05, 0) is 113 Å². The van der Waals surface area contributed by atoms with Crippen LogP contribution in [-0.2, 0) is 17.8 Å². The van der Waals surface area contributed by atoms with Gasteiger partial charge in [0.05, 0.1) is 28.4 Å². The molecule has 0 bridgehead atoms. The number of thiazole rings is 1. The summed E-state index contributed by atoms with van der Waals surface area (Å²) in [6, 6.07) is 11.2. The van der Waals surface area contributed by atoms with Gasteiger partial charge in [-0.15, -0.1) is 11.3 Å². The van der Waals surface area contributed by atoms with Crippen molar-refractivity contribution < 1.29 is 19.0 Å². The normalized spacial score (nSPS) is 15.0. The quantitative estimate of drug-likeness (QED) is 0.0829. The van der Waals surface area contributed by atoms with Crippen LogP contribution in [0.5, 0.6) is 0 Å². The Balaban J connectivity index is 0.000000781. The first kappa shape index (κ1) is 53.6. The lowest BCUT2D eigenvalue weighted by Gasteiger charge is -2.08. The van der Waals surface area contributed by atoms with E-state index < -0.39 is 11.8 Å². The van der Waals surface area contributed by atoms with Crippen LogP contribution in [0.15, 0.2) is 82.7 Å². The van der Waals surface area contributed by atoms with E-state index >= 15 is 0 Å². The van der Waals surface area contributed by atoms with Crippen LogP contribution in [0.2, 0.25) is 0 Å². The van der Waals surface area contributed by atoms with Crippen LogP contribution >= 0.6 is 11.3 Å². The summed E-state index contributed by atoms with van der Waals surface area (Å²) < 4.78 is 19.3. The largest absolute Gasteiger partial charge is 0.478 e. The molecule has 0 aliphatic heterocycles. The van der Waals surface area contributed by atoms with Gasteiger partial charge in [0.25, 0.3) is 0 Å². The number of hydrogen-bond acceptors (Lipinski definition) is 7. The third-order valence-corrected chi connectivity index (χ3v) is 10.1. The first-order valence-electron chi connectivity index (χ1n) is 21.1. The summed E-state index contributed by atoms with van der Waals surface area (Å²) >= 11 is 1.75. The average Bonchev–Trinajstić information content (AvgIpc) is 3.58. The van der Waals surface area contributed by atoms with Crippen molar-refractivity contribution in [3.63, 3.8) is 0 Å². The number of ether oxygens (including phenoxy) is 1. The number of nitriles is 1. The Morgan fingerprint density at radius 2 is 1.71 bits per heavy atom. The number of halogens is 1. The standard InChI is InChI=1S/C17H19FN2O.C15H21NO2.C7H11NS.C5H10.C5H12/c1-4-6-13(3)20-17(7-5-2)21-12-15-9-8-14(11-19)10-16(15)18;1-5-10(2)8-12(4)16-14-7-6-13(15(17)18)9-11(14)3;1-2-3-4-7-5-8-6-9-7;1-4-3-5(4)2;1-3-5-4-2/h5,7-10H,2,4,6,12H2,1,3H3;6-7,9-10H,5,8H2,1-4H3,(H,17,18);5-6H,2-4H2,1H3;4-5H,3H2,1-2H3;3-5H2,1-2H3/b17-7+,20-13-;;;;/t;;;4-,5?;/m...1./s1. The molecule has 1 N–H and O–H groups in total. The monoisotopic (exact) mass is 817 g/mol. The van der Waals surface area contributed by atoms with E-state index in [0.717, 1.165) is 60.2 Å². The van der Waals surface area contributed by atoms with E-state index in [2.05, 4.69) is 76.9 Å². The van der Waals surface area contributed by atoms with Crippen LogP contribution < -0.4 is 0 Å². The number of aromatic carboxylic acids is 1. The van der Waals surface area contributed by atoms with Crippen molar-refractivity contribution >= 4 is 34.4 Å². The molecule has 0 radical (unpaired) electrons. The molecule has 0 spiro atoms. The molecule has 2 aromatic carbocycles. The first-order valence-corrected chi connectivity index (χ1v) is 22.0. The van der Waals surface area contributed by atoms with Gasteiger partial charge in [0.1, 0.15) is 12.4 Å². The molecule has 7 nitrogen and oxygen atoms in total. The Labute approximate surface area is 355 Å². The van der Waals surface area contributed by atoms with E-state index in [4.69, 9.17) is 15.1 Å². The first-order chi connectivity index (χ1) is 27.7. The molecule has 3 aromatic rings. The zero-order valence-corrected chi connectivity index (χ0v) is 38.4. The van der Waals surface area contributed by atoms with Gasteiger partial charge >= 0.3 is 5.97 Å². The Kier molecular flexibility index (Phi) is 30.0. The fourth-order valence-electron chi connectivity index (χ4n) is 5.10. The molecule has 0 saturated heterocycles. The smallest absolute Gasteiger partial charge is 0.335 e. The van der Waals surface area contributed by atoms with Gasteiger partial charge in [0.15, 0.2) is 0 Å².